The molecule has 1 heterocycles. The lowest BCUT2D eigenvalue weighted by atomic mass is 10.1. The molecule has 1 aromatic heterocycles. The van der Waals surface area contributed by atoms with Gasteiger partial charge >= 0.3 is 0 Å². The quantitative estimate of drug-likeness (QED) is 0.807. The lowest BCUT2D eigenvalue weighted by Crippen LogP contribution is -2.07. The van der Waals surface area contributed by atoms with Gasteiger partial charge in [0.25, 0.3) is 0 Å². The highest BCUT2D eigenvalue weighted by atomic mass is 15.1. The fourth-order valence-corrected chi connectivity index (χ4v) is 2.57. The van der Waals surface area contributed by atoms with Crippen LogP contribution in [0.25, 0.3) is 11.0 Å². The Kier molecular flexibility index (Phi) is 4.59. The van der Waals surface area contributed by atoms with Crippen LogP contribution in [-0.2, 0) is 13.5 Å². The van der Waals surface area contributed by atoms with Crippen LogP contribution in [0.15, 0.2) is 18.2 Å². The number of aryl methyl sites for hydroxylation is 2. The molecule has 0 amide bonds. The Morgan fingerprint density at radius 1 is 1.26 bits per heavy atom. The number of nitrogens with one attached hydrogen (secondary N) is 1. The van der Waals surface area contributed by atoms with Gasteiger partial charge in [0.15, 0.2) is 0 Å². The number of benzene rings is 1. The van der Waals surface area contributed by atoms with Crippen LogP contribution in [-0.4, -0.2) is 23.1 Å². The minimum Gasteiger partial charge on any atom is -0.331 e. The van der Waals surface area contributed by atoms with Gasteiger partial charge in [-0.05, 0) is 50.6 Å². The summed E-state index contributed by atoms with van der Waals surface area (Å²) in [4.78, 5) is 4.77. The standard InChI is InChI=1S/C16H25N3/c1-12(2)16-18-14-11-13(7-5-6-10-17-3)8-9-15(14)19(16)4/h8-9,11-12,17H,5-7,10H2,1-4H3. The van der Waals surface area contributed by atoms with Crippen LogP contribution in [0.5, 0.6) is 0 Å². The van der Waals surface area contributed by atoms with Crippen molar-refractivity contribution in [3.05, 3.63) is 29.6 Å². The van der Waals surface area contributed by atoms with Crippen LogP contribution in [0.1, 0.15) is 44.0 Å². The number of imidazole rings is 1. The second kappa shape index (κ2) is 6.20. The molecule has 0 saturated carbocycles. The molecular formula is C16H25N3. The van der Waals surface area contributed by atoms with Gasteiger partial charge in [-0.15, -0.1) is 0 Å². The largest absolute Gasteiger partial charge is 0.331 e. The molecule has 0 atom stereocenters. The molecule has 0 bridgehead atoms. The monoisotopic (exact) mass is 259 g/mol. The van der Waals surface area contributed by atoms with Crippen molar-refractivity contribution < 1.29 is 0 Å². The summed E-state index contributed by atoms with van der Waals surface area (Å²) in [5, 5.41) is 3.19. The molecule has 0 aliphatic heterocycles. The van der Waals surface area contributed by atoms with E-state index in [9.17, 15) is 0 Å². The zero-order valence-corrected chi connectivity index (χ0v) is 12.5. The van der Waals surface area contributed by atoms with E-state index < -0.39 is 0 Å². The average molecular weight is 259 g/mol. The van der Waals surface area contributed by atoms with Gasteiger partial charge in [0.2, 0.25) is 0 Å². The van der Waals surface area contributed by atoms with Crippen LogP contribution < -0.4 is 5.32 Å². The third-order valence-corrected chi connectivity index (χ3v) is 3.64. The summed E-state index contributed by atoms with van der Waals surface area (Å²) in [5.74, 6) is 1.64. The van der Waals surface area contributed by atoms with Crippen molar-refractivity contribution in [3.8, 4) is 0 Å². The maximum absolute atomic E-state index is 4.77. The Bertz CT molecular complexity index is 540. The van der Waals surface area contributed by atoms with Gasteiger partial charge in [-0.25, -0.2) is 4.98 Å². The number of aromatic nitrogens is 2. The lowest BCUT2D eigenvalue weighted by Gasteiger charge is -2.04. The molecule has 104 valence electrons. The van der Waals surface area contributed by atoms with E-state index in [1.165, 1.54) is 29.7 Å². The highest BCUT2D eigenvalue weighted by Gasteiger charge is 2.10. The number of unbranched alkanes of at least 4 members (excludes halogenated alkanes) is 1. The van der Waals surface area contributed by atoms with E-state index in [1.807, 2.05) is 7.05 Å². The van der Waals surface area contributed by atoms with Gasteiger partial charge in [-0.1, -0.05) is 19.9 Å². The van der Waals surface area contributed by atoms with Gasteiger partial charge in [-0.2, -0.15) is 0 Å². The fraction of sp³-hybridized carbons (Fsp3) is 0.562. The Balaban J connectivity index is 2.16. The smallest absolute Gasteiger partial charge is 0.112 e. The van der Waals surface area contributed by atoms with Crippen LogP contribution in [0.2, 0.25) is 0 Å². The van der Waals surface area contributed by atoms with E-state index in [0.29, 0.717) is 5.92 Å². The normalized spacial score (nSPS) is 11.6. The number of hydrogen-bond acceptors (Lipinski definition) is 2. The molecule has 0 aliphatic rings. The highest BCUT2D eigenvalue weighted by Crippen LogP contribution is 2.22. The first-order valence-electron chi connectivity index (χ1n) is 7.23. The van der Waals surface area contributed by atoms with Crippen molar-refractivity contribution in [1.82, 2.24) is 14.9 Å². The van der Waals surface area contributed by atoms with Gasteiger partial charge in [0, 0.05) is 13.0 Å². The van der Waals surface area contributed by atoms with E-state index in [-0.39, 0.29) is 0 Å². The third kappa shape index (κ3) is 3.16. The summed E-state index contributed by atoms with van der Waals surface area (Å²) < 4.78 is 2.21. The molecule has 0 saturated heterocycles. The number of fused-ring (bicyclic) bond motifs is 1. The molecule has 0 unspecified atom stereocenters. The van der Waals surface area contributed by atoms with E-state index in [2.05, 4.69) is 49.0 Å². The first-order chi connectivity index (χ1) is 9.13. The second-order valence-electron chi connectivity index (χ2n) is 5.57. The predicted molar refractivity (Wildman–Crippen MR) is 81.7 cm³/mol. The maximum atomic E-state index is 4.77. The first kappa shape index (κ1) is 14.1. The third-order valence-electron chi connectivity index (χ3n) is 3.64. The SMILES string of the molecule is CNCCCCc1ccc2c(c1)nc(C(C)C)n2C. The molecule has 2 aromatic rings. The summed E-state index contributed by atoms with van der Waals surface area (Å²) in [6, 6.07) is 6.70. The lowest BCUT2D eigenvalue weighted by molar-refractivity contribution is 0.677. The van der Waals surface area contributed by atoms with Crippen LogP contribution >= 0.6 is 0 Å². The van der Waals surface area contributed by atoms with Gasteiger partial charge in [0.05, 0.1) is 11.0 Å². The molecule has 0 fully saturated rings. The van der Waals surface area contributed by atoms with Gasteiger partial charge < -0.3 is 9.88 Å². The maximum Gasteiger partial charge on any atom is 0.112 e. The number of hydrogen-bond donors (Lipinski definition) is 1. The van der Waals surface area contributed by atoms with E-state index >= 15 is 0 Å². The van der Waals surface area contributed by atoms with E-state index in [0.717, 1.165) is 18.5 Å². The summed E-state index contributed by atoms with van der Waals surface area (Å²) in [7, 11) is 4.12. The molecule has 19 heavy (non-hydrogen) atoms. The van der Waals surface area contributed by atoms with Crippen molar-refractivity contribution in [2.45, 2.75) is 39.0 Å². The Morgan fingerprint density at radius 2 is 2.05 bits per heavy atom. The van der Waals surface area contributed by atoms with Crippen molar-refractivity contribution >= 4 is 11.0 Å². The zero-order valence-electron chi connectivity index (χ0n) is 12.5. The number of nitrogens with zero attached hydrogens (tertiary/aromatic N) is 2. The Labute approximate surface area is 116 Å². The second-order valence-corrected chi connectivity index (χ2v) is 5.57. The minimum absolute atomic E-state index is 0.469. The van der Waals surface area contributed by atoms with Crippen LogP contribution in [0.4, 0.5) is 0 Å². The van der Waals surface area contributed by atoms with Crippen molar-refractivity contribution in [2.24, 2.45) is 7.05 Å². The fourth-order valence-electron chi connectivity index (χ4n) is 2.57. The van der Waals surface area contributed by atoms with E-state index in [4.69, 9.17) is 4.98 Å². The van der Waals surface area contributed by atoms with E-state index in [1.54, 1.807) is 0 Å². The van der Waals surface area contributed by atoms with Crippen LogP contribution in [0.3, 0.4) is 0 Å². The highest BCUT2D eigenvalue weighted by molar-refractivity contribution is 5.77. The molecule has 1 N–H and O–H groups in total. The Hall–Kier alpha value is -1.35. The molecule has 0 spiro atoms. The predicted octanol–water partition coefficient (Wildman–Crippen LogP) is 3.24. The average Bonchev–Trinajstić information content (AvgIpc) is 2.72. The summed E-state index contributed by atoms with van der Waals surface area (Å²) in [6.45, 7) is 5.49. The van der Waals surface area contributed by atoms with Gasteiger partial charge in [0.1, 0.15) is 5.82 Å². The van der Waals surface area contributed by atoms with Crippen LogP contribution in [0, 0.1) is 0 Å². The molecule has 3 heteroatoms. The van der Waals surface area contributed by atoms with Crippen molar-refractivity contribution in [3.63, 3.8) is 0 Å². The first-order valence-corrected chi connectivity index (χ1v) is 7.23. The summed E-state index contributed by atoms with van der Waals surface area (Å²) in [5.41, 5.74) is 3.78. The molecule has 0 radical (unpaired) electrons. The summed E-state index contributed by atoms with van der Waals surface area (Å²) >= 11 is 0. The topological polar surface area (TPSA) is 29.9 Å². The van der Waals surface area contributed by atoms with Crippen molar-refractivity contribution in [1.29, 1.82) is 0 Å². The molecule has 0 aliphatic carbocycles. The number of rotatable bonds is 6. The zero-order chi connectivity index (χ0) is 13.8. The Morgan fingerprint density at radius 3 is 2.74 bits per heavy atom. The molecule has 3 nitrogen and oxygen atoms in total. The van der Waals surface area contributed by atoms with Crippen molar-refractivity contribution in [2.75, 3.05) is 13.6 Å². The summed E-state index contributed by atoms with van der Waals surface area (Å²) in [6.07, 6.45) is 3.61. The molecule has 2 rings (SSSR count). The van der Waals surface area contributed by atoms with Gasteiger partial charge in [-0.3, -0.25) is 0 Å². The minimum atomic E-state index is 0.469. The molecular weight excluding hydrogens is 234 g/mol. The molecule has 1 aromatic carbocycles.